The van der Waals surface area contributed by atoms with E-state index in [0.717, 1.165) is 6.42 Å². The standard InChI is InChI=1S/C18H26N2O4.Na/c1-12(2)9-10-15(18(23)24)13(3)11-16(21)19-20-17(22)14-7-5-4-6-8-14;/h4-8,12-13,15H,9-11H2,1-3H3,(H,19,21)(H,20,22)(H,23,24);/q;+1/p-1. The number of aliphatic carboxylic acids is 1. The van der Waals surface area contributed by atoms with Crippen molar-refractivity contribution >= 4 is 17.8 Å². The molecule has 1 rings (SSSR count). The molecule has 132 valence electrons. The largest absolute Gasteiger partial charge is 1.00 e. The summed E-state index contributed by atoms with van der Waals surface area (Å²) in [5.74, 6) is -2.65. The van der Waals surface area contributed by atoms with Gasteiger partial charge in [0.25, 0.3) is 5.91 Å². The Bertz CT molecular complexity index is 563. The number of hydrogen-bond acceptors (Lipinski definition) is 4. The van der Waals surface area contributed by atoms with Crippen LogP contribution in [-0.2, 0) is 9.59 Å². The summed E-state index contributed by atoms with van der Waals surface area (Å²) in [5, 5.41) is 11.3. The molecule has 2 N–H and O–H groups in total. The third-order valence-electron chi connectivity index (χ3n) is 3.90. The van der Waals surface area contributed by atoms with Crippen molar-refractivity contribution in [3.8, 4) is 0 Å². The number of hydrogen-bond donors (Lipinski definition) is 2. The molecule has 0 saturated carbocycles. The van der Waals surface area contributed by atoms with Gasteiger partial charge in [-0.05, 0) is 30.4 Å². The van der Waals surface area contributed by atoms with Crippen LogP contribution in [0.1, 0.15) is 50.4 Å². The van der Waals surface area contributed by atoms with Crippen LogP contribution in [0.4, 0.5) is 0 Å². The van der Waals surface area contributed by atoms with Gasteiger partial charge in [0.05, 0.1) is 0 Å². The van der Waals surface area contributed by atoms with E-state index in [1.54, 1.807) is 37.3 Å². The predicted molar refractivity (Wildman–Crippen MR) is 88.4 cm³/mol. The van der Waals surface area contributed by atoms with Crippen molar-refractivity contribution in [1.29, 1.82) is 0 Å². The molecule has 0 aliphatic carbocycles. The molecule has 0 spiro atoms. The van der Waals surface area contributed by atoms with E-state index in [9.17, 15) is 19.5 Å². The van der Waals surface area contributed by atoms with Crippen LogP contribution in [0, 0.1) is 17.8 Å². The molecule has 0 radical (unpaired) electrons. The first-order chi connectivity index (χ1) is 11.3. The molecular weight excluding hydrogens is 331 g/mol. The van der Waals surface area contributed by atoms with Gasteiger partial charge in [-0.25, -0.2) is 0 Å². The number of benzene rings is 1. The molecule has 0 aliphatic rings. The Morgan fingerprint density at radius 3 is 2.12 bits per heavy atom. The quantitative estimate of drug-likeness (QED) is 0.428. The summed E-state index contributed by atoms with van der Waals surface area (Å²) in [7, 11) is 0. The van der Waals surface area contributed by atoms with E-state index in [-0.39, 0.29) is 41.9 Å². The molecule has 1 aromatic carbocycles. The van der Waals surface area contributed by atoms with Crippen molar-refractivity contribution in [1.82, 2.24) is 10.9 Å². The number of rotatable bonds is 8. The van der Waals surface area contributed by atoms with E-state index in [1.807, 2.05) is 13.8 Å². The predicted octanol–water partition coefficient (Wildman–Crippen LogP) is -1.72. The molecule has 0 heterocycles. The Balaban J connectivity index is 0.00000576. The monoisotopic (exact) mass is 356 g/mol. The van der Waals surface area contributed by atoms with Gasteiger partial charge in [0.15, 0.2) is 0 Å². The topological polar surface area (TPSA) is 98.3 Å². The zero-order chi connectivity index (χ0) is 18.1. The molecule has 0 bridgehead atoms. The van der Waals surface area contributed by atoms with Gasteiger partial charge >= 0.3 is 29.6 Å². The Labute approximate surface area is 171 Å². The fraction of sp³-hybridized carbons (Fsp3) is 0.500. The van der Waals surface area contributed by atoms with Crippen LogP contribution in [-0.4, -0.2) is 17.8 Å². The minimum atomic E-state index is -1.13. The van der Waals surface area contributed by atoms with Gasteiger partial charge in [0, 0.05) is 23.9 Å². The maximum Gasteiger partial charge on any atom is 1.00 e. The van der Waals surface area contributed by atoms with Gasteiger partial charge < -0.3 is 9.90 Å². The maximum atomic E-state index is 11.9. The molecule has 0 aromatic heterocycles. The third kappa shape index (κ3) is 9.05. The number of carboxylic acids is 1. The van der Waals surface area contributed by atoms with Gasteiger partial charge in [-0.3, -0.25) is 20.4 Å². The SMILES string of the molecule is CC(C)CCC(C(=O)[O-])C(C)CC(=O)NNC(=O)c1ccccc1.[Na+]. The van der Waals surface area contributed by atoms with Crippen LogP contribution in [0.25, 0.3) is 0 Å². The molecule has 25 heavy (non-hydrogen) atoms. The number of nitrogens with one attached hydrogen (secondary N) is 2. The summed E-state index contributed by atoms with van der Waals surface area (Å²) >= 11 is 0. The van der Waals surface area contributed by atoms with Crippen molar-refractivity contribution in [2.45, 2.75) is 40.0 Å². The number of carboxylic acid groups (broad SMARTS) is 1. The Hall–Kier alpha value is -1.37. The third-order valence-corrected chi connectivity index (χ3v) is 3.90. The van der Waals surface area contributed by atoms with Crippen molar-refractivity contribution in [3.05, 3.63) is 35.9 Å². The second-order valence-corrected chi connectivity index (χ2v) is 6.45. The van der Waals surface area contributed by atoms with Crippen molar-refractivity contribution in [3.63, 3.8) is 0 Å². The smallest absolute Gasteiger partial charge is 0.550 e. The molecule has 2 atom stereocenters. The molecule has 0 saturated heterocycles. The second-order valence-electron chi connectivity index (χ2n) is 6.45. The zero-order valence-electron chi connectivity index (χ0n) is 15.4. The number of carbonyl (C=O) groups excluding carboxylic acids is 3. The Kier molecular flexibility index (Phi) is 11.4. The van der Waals surface area contributed by atoms with Crippen molar-refractivity contribution in [2.75, 3.05) is 0 Å². The van der Waals surface area contributed by atoms with Gasteiger partial charge in [-0.2, -0.15) is 0 Å². The zero-order valence-corrected chi connectivity index (χ0v) is 17.4. The minimum absolute atomic E-state index is 0. The summed E-state index contributed by atoms with van der Waals surface area (Å²) in [5.41, 5.74) is 5.07. The number of carbonyl (C=O) groups is 3. The van der Waals surface area contributed by atoms with E-state index in [4.69, 9.17) is 0 Å². The molecule has 0 aliphatic heterocycles. The fourth-order valence-electron chi connectivity index (χ4n) is 2.42. The molecule has 6 nitrogen and oxygen atoms in total. The van der Waals surface area contributed by atoms with Crippen LogP contribution in [0.5, 0.6) is 0 Å². The summed E-state index contributed by atoms with van der Waals surface area (Å²) in [6.07, 6.45) is 1.24. The van der Waals surface area contributed by atoms with Crippen molar-refractivity contribution in [2.24, 2.45) is 17.8 Å². The van der Waals surface area contributed by atoms with Gasteiger partial charge in [0.1, 0.15) is 0 Å². The van der Waals surface area contributed by atoms with Gasteiger partial charge in [0.2, 0.25) is 5.91 Å². The van der Waals surface area contributed by atoms with Crippen LogP contribution < -0.4 is 45.5 Å². The first-order valence-electron chi connectivity index (χ1n) is 8.16. The van der Waals surface area contributed by atoms with Crippen molar-refractivity contribution < 1.29 is 49.0 Å². The maximum absolute atomic E-state index is 11.9. The van der Waals surface area contributed by atoms with Crippen LogP contribution in [0.2, 0.25) is 0 Å². The normalized spacial score (nSPS) is 12.6. The van der Waals surface area contributed by atoms with Gasteiger partial charge in [-0.1, -0.05) is 45.4 Å². The molecule has 7 heteroatoms. The number of amides is 2. The van der Waals surface area contributed by atoms with E-state index in [0.29, 0.717) is 17.9 Å². The van der Waals surface area contributed by atoms with Crippen LogP contribution >= 0.6 is 0 Å². The Morgan fingerprint density at radius 2 is 1.60 bits per heavy atom. The van der Waals surface area contributed by atoms with E-state index < -0.39 is 23.7 Å². The fourth-order valence-corrected chi connectivity index (χ4v) is 2.42. The summed E-state index contributed by atoms with van der Waals surface area (Å²) in [4.78, 5) is 35.0. The molecule has 2 amide bonds. The van der Waals surface area contributed by atoms with Gasteiger partial charge in [-0.15, -0.1) is 0 Å². The van der Waals surface area contributed by atoms with E-state index in [1.165, 1.54) is 0 Å². The van der Waals surface area contributed by atoms with Crippen LogP contribution in [0.3, 0.4) is 0 Å². The van der Waals surface area contributed by atoms with E-state index in [2.05, 4.69) is 10.9 Å². The molecule has 2 unspecified atom stereocenters. The summed E-state index contributed by atoms with van der Waals surface area (Å²) < 4.78 is 0. The average Bonchev–Trinajstić information content (AvgIpc) is 2.52. The second kappa shape index (κ2) is 12.1. The first kappa shape index (κ1) is 23.6. The van der Waals surface area contributed by atoms with Crippen LogP contribution in [0.15, 0.2) is 30.3 Å². The summed E-state index contributed by atoms with van der Waals surface area (Å²) in [6, 6.07) is 8.48. The molecule has 1 aromatic rings. The molecule has 0 fully saturated rings. The molecular formula is C18H25N2NaO4. The minimum Gasteiger partial charge on any atom is -0.550 e. The Morgan fingerprint density at radius 1 is 1.00 bits per heavy atom. The van der Waals surface area contributed by atoms with E-state index >= 15 is 0 Å². The average molecular weight is 356 g/mol. The summed E-state index contributed by atoms with van der Waals surface area (Å²) in [6.45, 7) is 5.74. The first-order valence-corrected chi connectivity index (χ1v) is 8.16. The number of hydrazine groups is 1.